The van der Waals surface area contributed by atoms with Gasteiger partial charge in [-0.05, 0) is 30.7 Å². The number of carbonyl (C=O) groups is 1. The monoisotopic (exact) mass is 566 g/mol. The van der Waals surface area contributed by atoms with Gasteiger partial charge in [0.2, 0.25) is 0 Å². The summed E-state index contributed by atoms with van der Waals surface area (Å²) in [6.45, 7) is 2.29. The second kappa shape index (κ2) is 24.4. The van der Waals surface area contributed by atoms with Crippen LogP contribution in [0.25, 0.3) is 0 Å². The molecule has 39 heavy (non-hydrogen) atoms. The van der Waals surface area contributed by atoms with E-state index in [1.165, 1.54) is 159 Å². The summed E-state index contributed by atoms with van der Waals surface area (Å²) >= 11 is 0. The van der Waals surface area contributed by atoms with Crippen LogP contribution in [0.5, 0.6) is 5.75 Å². The Labute approximate surface area is 240 Å². The first kappa shape index (κ1) is 35.6. The van der Waals surface area contributed by atoms with E-state index in [4.69, 9.17) is 9.29 Å². The molecule has 0 bridgehead atoms. The second-order valence-electron chi connectivity index (χ2n) is 11.3. The first-order valence-corrected chi connectivity index (χ1v) is 17.7. The Bertz CT molecular complexity index is 804. The van der Waals surface area contributed by atoms with E-state index < -0.39 is 10.1 Å². The van der Waals surface area contributed by atoms with Crippen LogP contribution in [-0.4, -0.2) is 18.9 Å². The Balaban J connectivity index is 1.77. The summed E-state index contributed by atoms with van der Waals surface area (Å²) in [6.07, 6.45) is 32.7. The van der Waals surface area contributed by atoms with Crippen molar-refractivity contribution in [2.75, 3.05) is 0 Å². The molecule has 1 aromatic carbocycles. The van der Waals surface area contributed by atoms with Gasteiger partial charge in [-0.2, -0.15) is 8.42 Å². The van der Waals surface area contributed by atoms with E-state index in [0.29, 0.717) is 6.42 Å². The van der Waals surface area contributed by atoms with Crippen molar-refractivity contribution in [1.29, 1.82) is 0 Å². The summed E-state index contributed by atoms with van der Waals surface area (Å²) in [5.74, 6) is -0.0230. The largest absolute Gasteiger partial charge is 0.427 e. The Morgan fingerprint density at radius 1 is 0.564 bits per heavy atom. The van der Waals surface area contributed by atoms with E-state index in [9.17, 15) is 13.2 Å². The van der Waals surface area contributed by atoms with Crippen LogP contribution < -0.4 is 4.74 Å². The van der Waals surface area contributed by atoms with Gasteiger partial charge in [-0.15, -0.1) is 0 Å². The summed E-state index contributed by atoms with van der Waals surface area (Å²) in [6, 6.07) is 5.19. The lowest BCUT2D eigenvalue weighted by molar-refractivity contribution is -0.134. The molecule has 0 saturated heterocycles. The molecule has 0 aliphatic heterocycles. The molecule has 0 fully saturated rings. The van der Waals surface area contributed by atoms with Gasteiger partial charge >= 0.3 is 5.97 Å². The lowest BCUT2D eigenvalue weighted by Gasteiger charge is -2.05. The average molecular weight is 567 g/mol. The molecule has 0 spiro atoms. The van der Waals surface area contributed by atoms with Gasteiger partial charge < -0.3 is 4.74 Å². The van der Waals surface area contributed by atoms with Crippen molar-refractivity contribution in [3.8, 4) is 5.75 Å². The van der Waals surface area contributed by atoms with E-state index in [2.05, 4.69) is 6.92 Å². The third-order valence-electron chi connectivity index (χ3n) is 7.59. The highest BCUT2D eigenvalue weighted by Crippen LogP contribution is 2.18. The fourth-order valence-electron chi connectivity index (χ4n) is 5.09. The third-order valence-corrected chi connectivity index (χ3v) is 8.46. The molecule has 1 rings (SSSR count). The molecule has 0 amide bonds. The van der Waals surface area contributed by atoms with E-state index in [-0.39, 0.29) is 16.6 Å². The average Bonchev–Trinajstić information content (AvgIpc) is 2.91. The summed E-state index contributed by atoms with van der Waals surface area (Å²) in [5, 5.41) is 0. The molecule has 0 unspecified atom stereocenters. The van der Waals surface area contributed by atoms with Crippen molar-refractivity contribution < 1.29 is 22.5 Å². The molecule has 1 aromatic rings. The maximum atomic E-state index is 11.9. The molecular weight excluding hydrogens is 508 g/mol. The zero-order chi connectivity index (χ0) is 28.4. The highest BCUT2D eigenvalue weighted by atomic mass is 32.2. The summed E-state index contributed by atoms with van der Waals surface area (Å²) < 4.78 is 36.3. The number of benzene rings is 1. The van der Waals surface area contributed by atoms with Crippen LogP contribution in [0.3, 0.4) is 0 Å². The minimum atomic E-state index is -4.23. The summed E-state index contributed by atoms with van der Waals surface area (Å²) in [5.41, 5.74) is 0. The van der Waals surface area contributed by atoms with Crippen LogP contribution >= 0.6 is 0 Å². The maximum Gasteiger partial charge on any atom is 0.311 e. The SMILES string of the molecule is CCCCCCCCCCCCCCCCCCCCCCCCCCC(=O)Oc1ccc(S(=O)(=O)O)cc1. The molecule has 0 atom stereocenters. The van der Waals surface area contributed by atoms with Crippen molar-refractivity contribution in [3.05, 3.63) is 24.3 Å². The highest BCUT2D eigenvalue weighted by Gasteiger charge is 2.10. The molecule has 226 valence electrons. The molecule has 0 heterocycles. The fraction of sp³-hybridized carbons (Fsp3) is 0.788. The third kappa shape index (κ3) is 22.0. The van der Waals surface area contributed by atoms with E-state index >= 15 is 0 Å². The number of carbonyl (C=O) groups excluding carboxylic acids is 1. The minimum absolute atomic E-state index is 0.215. The van der Waals surface area contributed by atoms with Crippen LogP contribution in [-0.2, 0) is 14.9 Å². The second-order valence-corrected chi connectivity index (χ2v) is 12.7. The van der Waals surface area contributed by atoms with Gasteiger partial charge in [0.15, 0.2) is 0 Å². The minimum Gasteiger partial charge on any atom is -0.427 e. The molecule has 1 N–H and O–H groups in total. The zero-order valence-corrected chi connectivity index (χ0v) is 25.8. The molecule has 0 aliphatic carbocycles. The number of hydrogen-bond donors (Lipinski definition) is 1. The molecule has 5 nitrogen and oxygen atoms in total. The Morgan fingerprint density at radius 2 is 0.872 bits per heavy atom. The molecule has 0 saturated carbocycles. The molecular formula is C33H58O5S. The number of esters is 1. The lowest BCUT2D eigenvalue weighted by Crippen LogP contribution is -2.07. The van der Waals surface area contributed by atoms with E-state index in [1.807, 2.05) is 0 Å². The standard InChI is InChI=1S/C33H58O5S/c1-2-3-4-5-6-7-8-9-10-11-12-13-14-15-16-17-18-19-20-21-22-23-24-25-26-33(34)38-31-27-29-32(30-28-31)39(35,36)37/h27-30H,2-26H2,1H3,(H,35,36,37). The number of ether oxygens (including phenoxy) is 1. The van der Waals surface area contributed by atoms with E-state index in [0.717, 1.165) is 19.3 Å². The van der Waals surface area contributed by atoms with Crippen molar-refractivity contribution in [3.63, 3.8) is 0 Å². The Kier molecular flexibility index (Phi) is 22.3. The van der Waals surface area contributed by atoms with Crippen LogP contribution in [0, 0.1) is 0 Å². The van der Waals surface area contributed by atoms with Gasteiger partial charge in [0.05, 0.1) is 4.90 Å². The van der Waals surface area contributed by atoms with Gasteiger partial charge in [0.1, 0.15) is 5.75 Å². The molecule has 0 aromatic heterocycles. The topological polar surface area (TPSA) is 80.7 Å². The summed E-state index contributed by atoms with van der Waals surface area (Å²) in [4.78, 5) is 11.7. The van der Waals surface area contributed by atoms with Crippen molar-refractivity contribution in [2.45, 2.75) is 172 Å². The van der Waals surface area contributed by atoms with E-state index in [1.54, 1.807) is 0 Å². The number of hydrogen-bond acceptors (Lipinski definition) is 4. The van der Waals surface area contributed by atoms with Gasteiger partial charge in [-0.3, -0.25) is 9.35 Å². The Morgan fingerprint density at radius 3 is 1.18 bits per heavy atom. The fourth-order valence-corrected chi connectivity index (χ4v) is 5.57. The van der Waals surface area contributed by atoms with Gasteiger partial charge in [-0.1, -0.05) is 155 Å². The Hall–Kier alpha value is -1.40. The molecule has 6 heteroatoms. The predicted molar refractivity (Wildman–Crippen MR) is 163 cm³/mol. The van der Waals surface area contributed by atoms with Crippen LogP contribution in [0.15, 0.2) is 29.2 Å². The maximum absolute atomic E-state index is 11.9. The van der Waals surface area contributed by atoms with Gasteiger partial charge in [-0.25, -0.2) is 0 Å². The normalized spacial score (nSPS) is 11.6. The van der Waals surface area contributed by atoms with Crippen molar-refractivity contribution in [1.82, 2.24) is 0 Å². The van der Waals surface area contributed by atoms with Crippen LogP contribution in [0.4, 0.5) is 0 Å². The first-order chi connectivity index (χ1) is 18.9. The first-order valence-electron chi connectivity index (χ1n) is 16.2. The molecule has 0 aliphatic rings. The van der Waals surface area contributed by atoms with Crippen molar-refractivity contribution >= 4 is 16.1 Å². The number of unbranched alkanes of at least 4 members (excludes halogenated alkanes) is 23. The van der Waals surface area contributed by atoms with Crippen LogP contribution in [0.1, 0.15) is 167 Å². The zero-order valence-electron chi connectivity index (χ0n) is 25.0. The smallest absolute Gasteiger partial charge is 0.311 e. The van der Waals surface area contributed by atoms with Crippen LogP contribution in [0.2, 0.25) is 0 Å². The van der Waals surface area contributed by atoms with Gasteiger partial charge in [0, 0.05) is 6.42 Å². The number of rotatable bonds is 27. The van der Waals surface area contributed by atoms with Gasteiger partial charge in [0.25, 0.3) is 10.1 Å². The quantitative estimate of drug-likeness (QED) is 0.0496. The highest BCUT2D eigenvalue weighted by molar-refractivity contribution is 7.85. The van der Waals surface area contributed by atoms with Crippen molar-refractivity contribution in [2.24, 2.45) is 0 Å². The molecule has 0 radical (unpaired) electrons. The predicted octanol–water partition coefficient (Wildman–Crippen LogP) is 10.6. The lowest BCUT2D eigenvalue weighted by atomic mass is 10.0. The summed E-state index contributed by atoms with van der Waals surface area (Å²) in [7, 11) is -4.23.